The number of hydrogen-bond acceptors (Lipinski definition) is 6. The molecule has 32 heavy (non-hydrogen) atoms. The zero-order valence-electron chi connectivity index (χ0n) is 17.4. The summed E-state index contributed by atoms with van der Waals surface area (Å²) in [5, 5.41) is 0.481. The number of hydrogen-bond donors (Lipinski definition) is 0. The number of rotatable bonds is 9. The fraction of sp³-hybridized carbons (Fsp3) is 0.174. The van der Waals surface area contributed by atoms with E-state index in [0.717, 1.165) is 5.75 Å². The average molecular weight is 494 g/mol. The lowest BCUT2D eigenvalue weighted by Crippen LogP contribution is -2.11. The van der Waals surface area contributed by atoms with Gasteiger partial charge in [0.05, 0.1) is 23.9 Å². The van der Waals surface area contributed by atoms with Gasteiger partial charge in [0.25, 0.3) is 0 Å². The van der Waals surface area contributed by atoms with Crippen LogP contribution in [-0.2, 0) is 10.1 Å². The molecule has 0 heterocycles. The molecule has 0 unspecified atom stereocenters. The number of aliphatic imine (C=N–C) groups is 1. The van der Waals surface area contributed by atoms with Gasteiger partial charge in [0, 0.05) is 11.2 Å². The Morgan fingerprint density at radius 2 is 1.56 bits per heavy atom. The Balaban J connectivity index is 1.88. The molecule has 3 aromatic carbocycles. The van der Waals surface area contributed by atoms with Gasteiger partial charge in [-0.2, -0.15) is 8.42 Å². The zero-order chi connectivity index (χ0) is 23.1. The molecule has 0 spiro atoms. The lowest BCUT2D eigenvalue weighted by molar-refractivity contribution is 0.327. The first-order chi connectivity index (χ1) is 15.3. The first-order valence-electron chi connectivity index (χ1n) is 9.75. The maximum Gasteiger partial charge on any atom is 0.339 e. The van der Waals surface area contributed by atoms with E-state index >= 15 is 0 Å². The van der Waals surface area contributed by atoms with Crippen LogP contribution >= 0.6 is 23.2 Å². The van der Waals surface area contributed by atoms with Crippen LogP contribution in [0.5, 0.6) is 17.2 Å². The molecule has 0 atom stereocenters. The molecule has 0 aliphatic heterocycles. The maximum absolute atomic E-state index is 12.7. The van der Waals surface area contributed by atoms with Crippen molar-refractivity contribution in [3.05, 3.63) is 76.3 Å². The summed E-state index contributed by atoms with van der Waals surface area (Å²) in [6, 6.07) is 16.1. The minimum Gasteiger partial charge on any atom is -0.494 e. The summed E-state index contributed by atoms with van der Waals surface area (Å²) in [5.74, 6) is 0.851. The minimum atomic E-state index is -4.14. The van der Waals surface area contributed by atoms with E-state index in [1.807, 2.05) is 31.2 Å². The molecule has 0 saturated carbocycles. The second-order valence-electron chi connectivity index (χ2n) is 6.44. The van der Waals surface area contributed by atoms with Crippen molar-refractivity contribution in [2.24, 2.45) is 4.99 Å². The van der Waals surface area contributed by atoms with Crippen molar-refractivity contribution in [2.75, 3.05) is 13.2 Å². The molecule has 0 saturated heterocycles. The molecule has 168 valence electrons. The van der Waals surface area contributed by atoms with Crippen LogP contribution in [0, 0.1) is 0 Å². The Morgan fingerprint density at radius 1 is 0.906 bits per heavy atom. The monoisotopic (exact) mass is 493 g/mol. The quantitative estimate of drug-likeness (QED) is 0.258. The van der Waals surface area contributed by atoms with Gasteiger partial charge in [-0.1, -0.05) is 23.2 Å². The Bertz CT molecular complexity index is 1190. The summed E-state index contributed by atoms with van der Waals surface area (Å²) >= 11 is 12.2. The van der Waals surface area contributed by atoms with Crippen LogP contribution in [0.2, 0.25) is 10.0 Å². The van der Waals surface area contributed by atoms with Gasteiger partial charge in [0.2, 0.25) is 5.75 Å². The Kier molecular flexibility index (Phi) is 8.01. The normalized spacial score (nSPS) is 11.5. The molecule has 9 heteroatoms. The number of benzene rings is 3. The average Bonchev–Trinajstić information content (AvgIpc) is 2.76. The molecule has 0 bridgehead atoms. The van der Waals surface area contributed by atoms with Crippen molar-refractivity contribution < 1.29 is 22.1 Å². The third kappa shape index (κ3) is 6.16. The van der Waals surface area contributed by atoms with Crippen molar-refractivity contribution in [1.82, 2.24) is 0 Å². The lowest BCUT2D eigenvalue weighted by Gasteiger charge is -2.14. The highest BCUT2D eigenvalue weighted by Crippen LogP contribution is 2.38. The fourth-order valence-electron chi connectivity index (χ4n) is 2.71. The van der Waals surface area contributed by atoms with E-state index in [0.29, 0.717) is 22.9 Å². The molecular formula is C23H21Cl2NO5S. The first kappa shape index (κ1) is 23.9. The fourth-order valence-corrected chi connectivity index (χ4v) is 4.10. The molecule has 0 N–H and O–H groups in total. The third-order valence-electron chi connectivity index (χ3n) is 4.14. The van der Waals surface area contributed by atoms with Gasteiger partial charge in [-0.25, -0.2) is 0 Å². The molecular weight excluding hydrogens is 473 g/mol. The summed E-state index contributed by atoms with van der Waals surface area (Å²) in [7, 11) is -4.14. The van der Waals surface area contributed by atoms with E-state index in [9.17, 15) is 8.42 Å². The van der Waals surface area contributed by atoms with Crippen LogP contribution in [-0.4, -0.2) is 27.8 Å². The van der Waals surface area contributed by atoms with Gasteiger partial charge in [-0.15, -0.1) is 0 Å². The number of ether oxygens (including phenoxy) is 2. The summed E-state index contributed by atoms with van der Waals surface area (Å²) in [4.78, 5) is 4.36. The van der Waals surface area contributed by atoms with Gasteiger partial charge in [-0.3, -0.25) is 4.99 Å². The summed E-state index contributed by atoms with van der Waals surface area (Å²) in [6.45, 7) is 4.56. The molecule has 0 aliphatic rings. The van der Waals surface area contributed by atoms with E-state index in [4.69, 9.17) is 36.9 Å². The van der Waals surface area contributed by atoms with Gasteiger partial charge >= 0.3 is 10.1 Å². The van der Waals surface area contributed by atoms with E-state index in [2.05, 4.69) is 4.99 Å². The van der Waals surface area contributed by atoms with Crippen LogP contribution in [0.3, 0.4) is 0 Å². The Hall–Kier alpha value is -2.74. The number of halogens is 2. The number of nitrogens with zero attached hydrogens (tertiary/aromatic N) is 1. The third-order valence-corrected chi connectivity index (χ3v) is 5.91. The van der Waals surface area contributed by atoms with E-state index in [1.165, 1.54) is 24.3 Å². The predicted octanol–water partition coefficient (Wildman–Crippen LogP) is 6.31. The molecule has 0 amide bonds. The molecule has 0 fully saturated rings. The second-order valence-corrected chi connectivity index (χ2v) is 8.83. The smallest absolute Gasteiger partial charge is 0.339 e. The molecule has 0 aromatic heterocycles. The first-order valence-corrected chi connectivity index (χ1v) is 11.9. The van der Waals surface area contributed by atoms with Crippen molar-refractivity contribution in [3.8, 4) is 17.2 Å². The molecule has 0 aliphatic carbocycles. The highest BCUT2D eigenvalue weighted by molar-refractivity contribution is 7.87. The highest BCUT2D eigenvalue weighted by atomic mass is 35.5. The van der Waals surface area contributed by atoms with E-state index in [-0.39, 0.29) is 28.0 Å². The maximum atomic E-state index is 12.7. The van der Waals surface area contributed by atoms with Crippen molar-refractivity contribution in [3.63, 3.8) is 0 Å². The van der Waals surface area contributed by atoms with Crippen LogP contribution in [0.4, 0.5) is 5.69 Å². The SMILES string of the molecule is CCOc1ccc(N=Cc2cc(Cl)c(OS(=O)(=O)c3ccc(Cl)cc3)c(OCC)c2)cc1. The lowest BCUT2D eigenvalue weighted by atomic mass is 10.2. The second kappa shape index (κ2) is 10.7. The summed E-state index contributed by atoms with van der Waals surface area (Å²) in [6.07, 6.45) is 1.60. The van der Waals surface area contributed by atoms with Crippen LogP contribution in [0.1, 0.15) is 19.4 Å². The highest BCUT2D eigenvalue weighted by Gasteiger charge is 2.22. The van der Waals surface area contributed by atoms with Gasteiger partial charge in [-0.05, 0) is 80.1 Å². The molecule has 0 radical (unpaired) electrons. The standard InChI is InChI=1S/C23H21Cl2NO5S/c1-3-29-19-9-7-18(8-10-19)26-15-16-13-21(25)23(22(14-16)30-4-2)31-32(27,28)20-11-5-17(24)6-12-20/h5-15H,3-4H2,1-2H3. The predicted molar refractivity (Wildman–Crippen MR) is 127 cm³/mol. The van der Waals surface area contributed by atoms with Gasteiger partial charge in [0.1, 0.15) is 10.6 Å². The topological polar surface area (TPSA) is 74.2 Å². The summed E-state index contributed by atoms with van der Waals surface area (Å²) < 4.78 is 41.7. The van der Waals surface area contributed by atoms with Gasteiger partial charge in [0.15, 0.2) is 5.75 Å². The van der Waals surface area contributed by atoms with Crippen LogP contribution in [0.15, 0.2) is 70.6 Å². The zero-order valence-corrected chi connectivity index (χ0v) is 19.7. The minimum absolute atomic E-state index is 0.0541. The molecule has 3 aromatic rings. The van der Waals surface area contributed by atoms with Crippen LogP contribution < -0.4 is 13.7 Å². The Labute approximate surface area is 197 Å². The van der Waals surface area contributed by atoms with E-state index in [1.54, 1.807) is 25.3 Å². The molecule has 3 rings (SSSR count). The van der Waals surface area contributed by atoms with Gasteiger partial charge < -0.3 is 13.7 Å². The Morgan fingerprint density at radius 3 is 2.19 bits per heavy atom. The molecule has 6 nitrogen and oxygen atoms in total. The summed E-state index contributed by atoms with van der Waals surface area (Å²) in [5.41, 5.74) is 1.33. The van der Waals surface area contributed by atoms with Crippen molar-refractivity contribution >= 4 is 45.2 Å². The van der Waals surface area contributed by atoms with Crippen LogP contribution in [0.25, 0.3) is 0 Å². The van der Waals surface area contributed by atoms with Crippen molar-refractivity contribution in [1.29, 1.82) is 0 Å². The van der Waals surface area contributed by atoms with Crippen molar-refractivity contribution in [2.45, 2.75) is 18.7 Å². The largest absolute Gasteiger partial charge is 0.494 e. The van der Waals surface area contributed by atoms with E-state index < -0.39 is 10.1 Å².